The molecule has 0 amide bonds. The smallest absolute Gasteiger partial charge is 0.123 e. The van der Waals surface area contributed by atoms with Crippen LogP contribution < -0.4 is 10.2 Å². The number of hydrogen-bond acceptors (Lipinski definition) is 4. The van der Waals surface area contributed by atoms with Gasteiger partial charge in [0.1, 0.15) is 5.76 Å². The number of aromatic nitrogens is 1. The summed E-state index contributed by atoms with van der Waals surface area (Å²) < 4.78 is 5.36. The first-order valence-electron chi connectivity index (χ1n) is 7.17. The van der Waals surface area contributed by atoms with Gasteiger partial charge in [0.05, 0.1) is 30.4 Å². The summed E-state index contributed by atoms with van der Waals surface area (Å²) in [5, 5.41) is 3.44. The average Bonchev–Trinajstić information content (AvgIpc) is 2.98. The predicted octanol–water partition coefficient (Wildman–Crippen LogP) is 3.37. The van der Waals surface area contributed by atoms with Crippen molar-refractivity contribution in [3.05, 3.63) is 48.2 Å². The summed E-state index contributed by atoms with van der Waals surface area (Å²) in [4.78, 5) is 6.71. The highest BCUT2D eigenvalue weighted by Gasteiger charge is 2.10. The molecule has 2 aromatic rings. The Kier molecular flexibility index (Phi) is 5.18. The van der Waals surface area contributed by atoms with Crippen molar-refractivity contribution in [2.45, 2.75) is 32.9 Å². The van der Waals surface area contributed by atoms with Gasteiger partial charge < -0.3 is 14.6 Å². The van der Waals surface area contributed by atoms with Crippen LogP contribution in [0.15, 0.2) is 41.1 Å². The van der Waals surface area contributed by atoms with E-state index in [0.29, 0.717) is 6.04 Å². The predicted molar refractivity (Wildman–Crippen MR) is 81.8 cm³/mol. The maximum absolute atomic E-state index is 5.36. The molecular formula is C16H23N3O. The van der Waals surface area contributed by atoms with E-state index in [1.807, 2.05) is 25.4 Å². The molecule has 0 saturated carbocycles. The molecule has 0 saturated heterocycles. The Morgan fingerprint density at radius 2 is 2.15 bits per heavy atom. The van der Waals surface area contributed by atoms with E-state index < -0.39 is 0 Å². The Hall–Kier alpha value is -1.81. The minimum atomic E-state index is 0.337. The molecule has 1 unspecified atom stereocenters. The van der Waals surface area contributed by atoms with E-state index in [-0.39, 0.29) is 0 Å². The first kappa shape index (κ1) is 14.6. The molecule has 2 aromatic heterocycles. The lowest BCUT2D eigenvalue weighted by atomic mass is 10.1. The van der Waals surface area contributed by atoms with E-state index in [9.17, 15) is 0 Å². The Morgan fingerprint density at radius 1 is 1.30 bits per heavy atom. The van der Waals surface area contributed by atoms with Crippen molar-refractivity contribution in [3.8, 4) is 0 Å². The number of nitrogens with zero attached hydrogens (tertiary/aromatic N) is 2. The lowest BCUT2D eigenvalue weighted by Gasteiger charge is -2.19. The van der Waals surface area contributed by atoms with Gasteiger partial charge in [0.25, 0.3) is 0 Å². The average molecular weight is 273 g/mol. The fourth-order valence-electron chi connectivity index (χ4n) is 2.26. The van der Waals surface area contributed by atoms with E-state index in [2.05, 4.69) is 41.2 Å². The molecule has 2 rings (SSSR count). The highest BCUT2D eigenvalue weighted by molar-refractivity contribution is 5.44. The van der Waals surface area contributed by atoms with Crippen LogP contribution in [0.2, 0.25) is 0 Å². The summed E-state index contributed by atoms with van der Waals surface area (Å²) in [6.07, 6.45) is 4.67. The Morgan fingerprint density at radius 3 is 2.70 bits per heavy atom. The highest BCUT2D eigenvalue weighted by atomic mass is 16.3. The number of anilines is 1. The zero-order valence-corrected chi connectivity index (χ0v) is 12.5. The number of nitrogens with one attached hydrogen (secondary N) is 1. The van der Waals surface area contributed by atoms with Gasteiger partial charge in [-0.05, 0) is 37.2 Å². The summed E-state index contributed by atoms with van der Waals surface area (Å²) in [6, 6.07) is 8.45. The molecule has 0 spiro atoms. The zero-order chi connectivity index (χ0) is 14.4. The molecule has 108 valence electrons. The van der Waals surface area contributed by atoms with Gasteiger partial charge in [-0.25, -0.2) is 0 Å². The number of hydrogen-bond donors (Lipinski definition) is 1. The fraction of sp³-hybridized carbons (Fsp3) is 0.438. The SMILES string of the molecule is CCNC(CC)c1ccc(N(C)Cc2ccco2)cn1. The van der Waals surface area contributed by atoms with Gasteiger partial charge in [-0.3, -0.25) is 4.98 Å². The minimum Gasteiger partial charge on any atom is -0.467 e. The van der Waals surface area contributed by atoms with Crippen molar-refractivity contribution < 1.29 is 4.42 Å². The van der Waals surface area contributed by atoms with Crippen LogP contribution in [-0.4, -0.2) is 18.6 Å². The normalized spacial score (nSPS) is 12.3. The molecule has 0 aliphatic carbocycles. The van der Waals surface area contributed by atoms with Crippen LogP contribution >= 0.6 is 0 Å². The second-order valence-electron chi connectivity index (χ2n) is 4.90. The standard InChI is InChI=1S/C16H23N3O/c1-4-15(17-5-2)16-9-8-13(11-18-16)19(3)12-14-7-6-10-20-14/h6-11,15,17H,4-5,12H2,1-3H3. The molecule has 2 heterocycles. The monoisotopic (exact) mass is 273 g/mol. The van der Waals surface area contributed by atoms with Gasteiger partial charge in [0, 0.05) is 13.1 Å². The number of pyridine rings is 1. The summed E-state index contributed by atoms with van der Waals surface area (Å²) in [7, 11) is 2.04. The molecule has 0 bridgehead atoms. The van der Waals surface area contributed by atoms with E-state index in [1.54, 1.807) is 6.26 Å². The Labute approximate surface area is 120 Å². The molecule has 0 radical (unpaired) electrons. The molecule has 0 aromatic carbocycles. The van der Waals surface area contributed by atoms with Crippen molar-refractivity contribution in [2.75, 3.05) is 18.5 Å². The molecule has 0 aliphatic rings. The highest BCUT2D eigenvalue weighted by Crippen LogP contribution is 2.19. The van der Waals surface area contributed by atoms with Crippen molar-refractivity contribution in [2.24, 2.45) is 0 Å². The first-order valence-corrected chi connectivity index (χ1v) is 7.17. The molecule has 20 heavy (non-hydrogen) atoms. The molecule has 1 N–H and O–H groups in total. The molecule has 0 fully saturated rings. The summed E-state index contributed by atoms with van der Waals surface area (Å²) >= 11 is 0. The Bertz CT molecular complexity index is 493. The van der Waals surface area contributed by atoms with Gasteiger partial charge in [-0.2, -0.15) is 0 Å². The van der Waals surface area contributed by atoms with Crippen LogP contribution in [0.25, 0.3) is 0 Å². The molecule has 4 heteroatoms. The quantitative estimate of drug-likeness (QED) is 0.839. The molecular weight excluding hydrogens is 250 g/mol. The van der Waals surface area contributed by atoms with Crippen LogP contribution in [0.1, 0.15) is 37.8 Å². The lowest BCUT2D eigenvalue weighted by molar-refractivity contribution is 0.507. The summed E-state index contributed by atoms with van der Waals surface area (Å²) in [6.45, 7) is 6.00. The van der Waals surface area contributed by atoms with Crippen molar-refractivity contribution in [3.63, 3.8) is 0 Å². The fourth-order valence-corrected chi connectivity index (χ4v) is 2.26. The van der Waals surface area contributed by atoms with Crippen LogP contribution in [0.4, 0.5) is 5.69 Å². The van der Waals surface area contributed by atoms with E-state index >= 15 is 0 Å². The van der Waals surface area contributed by atoms with Crippen LogP contribution in [0, 0.1) is 0 Å². The van der Waals surface area contributed by atoms with Crippen LogP contribution in [0.3, 0.4) is 0 Å². The van der Waals surface area contributed by atoms with Gasteiger partial charge in [-0.1, -0.05) is 13.8 Å². The van der Waals surface area contributed by atoms with Gasteiger partial charge in [0.15, 0.2) is 0 Å². The molecule has 4 nitrogen and oxygen atoms in total. The number of furan rings is 1. The largest absolute Gasteiger partial charge is 0.467 e. The van der Waals surface area contributed by atoms with E-state index in [1.165, 1.54) is 0 Å². The third-order valence-electron chi connectivity index (χ3n) is 3.40. The Balaban J connectivity index is 2.03. The van der Waals surface area contributed by atoms with E-state index in [4.69, 9.17) is 4.42 Å². The van der Waals surface area contributed by atoms with Crippen molar-refractivity contribution >= 4 is 5.69 Å². The second-order valence-corrected chi connectivity index (χ2v) is 4.90. The zero-order valence-electron chi connectivity index (χ0n) is 12.5. The van der Waals surface area contributed by atoms with Gasteiger partial charge >= 0.3 is 0 Å². The van der Waals surface area contributed by atoms with Crippen molar-refractivity contribution in [1.82, 2.24) is 10.3 Å². The molecule has 0 aliphatic heterocycles. The summed E-state index contributed by atoms with van der Waals surface area (Å²) in [5.74, 6) is 0.954. The minimum absolute atomic E-state index is 0.337. The lowest BCUT2D eigenvalue weighted by Crippen LogP contribution is -2.21. The topological polar surface area (TPSA) is 41.3 Å². The van der Waals surface area contributed by atoms with Gasteiger partial charge in [0.2, 0.25) is 0 Å². The third-order valence-corrected chi connectivity index (χ3v) is 3.40. The van der Waals surface area contributed by atoms with E-state index in [0.717, 1.165) is 36.7 Å². The second kappa shape index (κ2) is 7.10. The number of rotatable bonds is 7. The maximum atomic E-state index is 5.36. The van der Waals surface area contributed by atoms with Crippen LogP contribution in [-0.2, 0) is 6.54 Å². The maximum Gasteiger partial charge on any atom is 0.123 e. The van der Waals surface area contributed by atoms with Crippen molar-refractivity contribution in [1.29, 1.82) is 0 Å². The van der Waals surface area contributed by atoms with Gasteiger partial charge in [-0.15, -0.1) is 0 Å². The summed E-state index contributed by atoms with van der Waals surface area (Å²) in [5.41, 5.74) is 2.20. The first-order chi connectivity index (χ1) is 9.74. The molecule has 1 atom stereocenters. The van der Waals surface area contributed by atoms with Crippen LogP contribution in [0.5, 0.6) is 0 Å². The third kappa shape index (κ3) is 3.61.